The molecule has 0 radical (unpaired) electrons. The van der Waals surface area contributed by atoms with E-state index in [2.05, 4.69) is 5.32 Å². The van der Waals surface area contributed by atoms with Gasteiger partial charge in [0, 0.05) is 12.6 Å². The number of aliphatic carboxylic acids is 1. The molecule has 0 saturated heterocycles. The van der Waals surface area contributed by atoms with Gasteiger partial charge in [0.05, 0.1) is 17.0 Å². The van der Waals surface area contributed by atoms with Crippen LogP contribution in [0.1, 0.15) is 30.4 Å². The summed E-state index contributed by atoms with van der Waals surface area (Å²) in [6.07, 6.45) is 5.12. The van der Waals surface area contributed by atoms with Crippen molar-refractivity contribution >= 4 is 18.0 Å². The van der Waals surface area contributed by atoms with Crippen molar-refractivity contribution in [3.05, 3.63) is 41.5 Å². The van der Waals surface area contributed by atoms with E-state index < -0.39 is 11.4 Å². The Labute approximate surface area is 122 Å². The summed E-state index contributed by atoms with van der Waals surface area (Å²) in [5, 5.41) is 20.5. The Balaban J connectivity index is 1.88. The van der Waals surface area contributed by atoms with Crippen LogP contribution in [-0.4, -0.2) is 23.5 Å². The van der Waals surface area contributed by atoms with Crippen molar-refractivity contribution in [2.45, 2.75) is 19.3 Å². The second kappa shape index (κ2) is 6.23. The molecule has 0 bridgehead atoms. The molecule has 1 aromatic carbocycles. The molecule has 0 unspecified atom stereocenters. The molecule has 0 aliphatic heterocycles. The Hall–Kier alpha value is -2.61. The summed E-state index contributed by atoms with van der Waals surface area (Å²) in [6, 6.07) is 8.85. The van der Waals surface area contributed by atoms with Crippen LogP contribution in [0.15, 0.2) is 30.3 Å². The summed E-state index contributed by atoms with van der Waals surface area (Å²) in [6.45, 7) is 0.166. The molecule has 5 nitrogen and oxygen atoms in total. The molecule has 5 heteroatoms. The molecule has 1 aromatic rings. The predicted octanol–water partition coefficient (Wildman–Crippen LogP) is 1.94. The number of carboxylic acids is 1. The Bertz CT molecular complexity index is 607. The molecule has 2 rings (SSSR count). The lowest BCUT2D eigenvalue weighted by atomic mass is 9.69. The molecule has 1 amide bonds. The number of rotatable bonds is 5. The average Bonchev–Trinajstić information content (AvgIpc) is 2.44. The van der Waals surface area contributed by atoms with Gasteiger partial charge in [0.1, 0.15) is 0 Å². The van der Waals surface area contributed by atoms with E-state index in [1.165, 1.54) is 6.08 Å². The maximum Gasteiger partial charge on any atom is 0.311 e. The van der Waals surface area contributed by atoms with Crippen LogP contribution in [0, 0.1) is 16.7 Å². The van der Waals surface area contributed by atoms with Crippen LogP contribution < -0.4 is 5.32 Å². The number of nitriles is 1. The van der Waals surface area contributed by atoms with E-state index in [1.54, 1.807) is 30.3 Å². The first-order valence-electron chi connectivity index (χ1n) is 6.75. The van der Waals surface area contributed by atoms with Crippen molar-refractivity contribution in [1.29, 1.82) is 5.26 Å². The number of hydrogen-bond acceptors (Lipinski definition) is 3. The van der Waals surface area contributed by atoms with E-state index in [1.807, 2.05) is 6.07 Å². The molecule has 0 aromatic heterocycles. The number of hydrogen-bond donors (Lipinski definition) is 2. The molecular weight excluding hydrogens is 268 g/mol. The van der Waals surface area contributed by atoms with Crippen molar-refractivity contribution in [2.75, 3.05) is 6.54 Å². The zero-order valence-corrected chi connectivity index (χ0v) is 11.5. The quantitative estimate of drug-likeness (QED) is 0.808. The van der Waals surface area contributed by atoms with E-state index >= 15 is 0 Å². The Morgan fingerprint density at radius 2 is 2.00 bits per heavy atom. The van der Waals surface area contributed by atoms with Crippen molar-refractivity contribution in [3.8, 4) is 6.07 Å². The number of carbonyl (C=O) groups excluding carboxylic acids is 1. The monoisotopic (exact) mass is 284 g/mol. The number of carboxylic acid groups (broad SMARTS) is 1. The second-order valence-corrected chi connectivity index (χ2v) is 5.22. The van der Waals surface area contributed by atoms with Crippen molar-refractivity contribution in [3.63, 3.8) is 0 Å². The SMILES string of the molecule is N#Cc1ccc(/C=C/C(=O)NCC2(C(=O)O)CCC2)cc1. The highest BCUT2D eigenvalue weighted by atomic mass is 16.4. The third-order valence-corrected chi connectivity index (χ3v) is 3.83. The lowest BCUT2D eigenvalue weighted by molar-refractivity contribution is -0.154. The fourth-order valence-electron chi connectivity index (χ4n) is 2.23. The van der Waals surface area contributed by atoms with Crippen LogP contribution >= 0.6 is 0 Å². The Morgan fingerprint density at radius 1 is 1.33 bits per heavy atom. The zero-order valence-electron chi connectivity index (χ0n) is 11.5. The van der Waals surface area contributed by atoms with Crippen molar-refractivity contribution in [1.82, 2.24) is 5.32 Å². The van der Waals surface area contributed by atoms with E-state index in [9.17, 15) is 9.59 Å². The van der Waals surface area contributed by atoms with E-state index in [0.29, 0.717) is 18.4 Å². The molecule has 1 aliphatic carbocycles. The van der Waals surface area contributed by atoms with Crippen LogP contribution in [0.25, 0.3) is 6.08 Å². The second-order valence-electron chi connectivity index (χ2n) is 5.22. The lowest BCUT2D eigenvalue weighted by Crippen LogP contribution is -2.47. The standard InChI is InChI=1S/C16H16N2O3/c17-10-13-4-2-12(3-5-13)6-7-14(19)18-11-16(15(20)21)8-1-9-16/h2-7H,1,8-9,11H2,(H,18,19)(H,20,21)/b7-6+. The van der Waals surface area contributed by atoms with Gasteiger partial charge in [-0.1, -0.05) is 18.6 Å². The third-order valence-electron chi connectivity index (χ3n) is 3.83. The van der Waals surface area contributed by atoms with Gasteiger partial charge in [-0.3, -0.25) is 9.59 Å². The predicted molar refractivity (Wildman–Crippen MR) is 77.1 cm³/mol. The zero-order chi connectivity index (χ0) is 15.3. The fourth-order valence-corrected chi connectivity index (χ4v) is 2.23. The van der Waals surface area contributed by atoms with E-state index in [0.717, 1.165) is 12.0 Å². The van der Waals surface area contributed by atoms with Crippen molar-refractivity contribution in [2.24, 2.45) is 5.41 Å². The largest absolute Gasteiger partial charge is 0.481 e. The number of nitrogens with zero attached hydrogens (tertiary/aromatic N) is 1. The summed E-state index contributed by atoms with van der Waals surface area (Å²) in [5.74, 6) is -1.16. The maximum atomic E-state index is 11.7. The highest BCUT2D eigenvalue weighted by Gasteiger charge is 2.44. The van der Waals surface area contributed by atoms with Gasteiger partial charge in [0.15, 0.2) is 0 Å². The molecule has 108 valence electrons. The number of amides is 1. The fraction of sp³-hybridized carbons (Fsp3) is 0.312. The van der Waals surface area contributed by atoms with Crippen LogP contribution in [0.3, 0.4) is 0 Å². The minimum absolute atomic E-state index is 0.166. The molecule has 0 atom stereocenters. The molecular formula is C16H16N2O3. The molecule has 2 N–H and O–H groups in total. The topological polar surface area (TPSA) is 90.2 Å². The summed E-state index contributed by atoms with van der Waals surface area (Å²) < 4.78 is 0. The maximum absolute atomic E-state index is 11.7. The molecule has 1 aliphatic rings. The molecule has 0 spiro atoms. The number of nitrogens with one attached hydrogen (secondary N) is 1. The summed E-state index contributed by atoms with van der Waals surface area (Å²) in [5.41, 5.74) is 0.587. The van der Waals surface area contributed by atoms with Crippen molar-refractivity contribution < 1.29 is 14.7 Å². The van der Waals surface area contributed by atoms with Crippen LogP contribution in [0.4, 0.5) is 0 Å². The van der Waals surface area contributed by atoms with Gasteiger partial charge < -0.3 is 10.4 Å². The van der Waals surface area contributed by atoms with Gasteiger partial charge in [0.25, 0.3) is 0 Å². The molecule has 1 saturated carbocycles. The highest BCUT2D eigenvalue weighted by Crippen LogP contribution is 2.40. The lowest BCUT2D eigenvalue weighted by Gasteiger charge is -2.37. The number of carbonyl (C=O) groups is 2. The normalized spacial score (nSPS) is 16.0. The first kappa shape index (κ1) is 14.8. The summed E-state index contributed by atoms with van der Waals surface area (Å²) >= 11 is 0. The van der Waals surface area contributed by atoms with E-state index in [-0.39, 0.29) is 12.5 Å². The number of benzene rings is 1. The molecule has 0 heterocycles. The van der Waals surface area contributed by atoms with Gasteiger partial charge in [-0.05, 0) is 36.6 Å². The van der Waals surface area contributed by atoms with Gasteiger partial charge in [-0.25, -0.2) is 0 Å². The molecule has 1 fully saturated rings. The smallest absolute Gasteiger partial charge is 0.311 e. The van der Waals surface area contributed by atoms with Gasteiger partial charge in [-0.2, -0.15) is 5.26 Å². The van der Waals surface area contributed by atoms with E-state index in [4.69, 9.17) is 10.4 Å². The van der Waals surface area contributed by atoms with Crippen LogP contribution in [0.5, 0.6) is 0 Å². The third kappa shape index (κ3) is 3.48. The Kier molecular flexibility index (Phi) is 4.39. The highest BCUT2D eigenvalue weighted by molar-refractivity contribution is 5.92. The summed E-state index contributed by atoms with van der Waals surface area (Å²) in [4.78, 5) is 22.9. The molecule has 21 heavy (non-hydrogen) atoms. The minimum atomic E-state index is -0.842. The van der Waals surface area contributed by atoms with Crippen LogP contribution in [0.2, 0.25) is 0 Å². The first-order valence-corrected chi connectivity index (χ1v) is 6.75. The van der Waals surface area contributed by atoms with Crippen LogP contribution in [-0.2, 0) is 9.59 Å². The first-order chi connectivity index (χ1) is 10.1. The van der Waals surface area contributed by atoms with Gasteiger partial charge in [-0.15, -0.1) is 0 Å². The van der Waals surface area contributed by atoms with Gasteiger partial charge in [0.2, 0.25) is 5.91 Å². The minimum Gasteiger partial charge on any atom is -0.481 e. The Morgan fingerprint density at radius 3 is 2.48 bits per heavy atom. The average molecular weight is 284 g/mol. The van der Waals surface area contributed by atoms with Gasteiger partial charge >= 0.3 is 5.97 Å². The summed E-state index contributed by atoms with van der Waals surface area (Å²) in [7, 11) is 0.